The minimum atomic E-state index is -0.770. The molecule has 238 valence electrons. The Balaban J connectivity index is 1.34. The maximum Gasteiger partial charge on any atom is 0.337 e. The number of hydrogen-bond donors (Lipinski definition) is 0. The lowest BCUT2D eigenvalue weighted by Crippen LogP contribution is -2.39. The van der Waals surface area contributed by atoms with Crippen molar-refractivity contribution in [2.75, 3.05) is 27.1 Å². The monoisotopic (exact) mass is 866 g/mol. The number of thiazole rings is 1. The number of fused-ring (bicyclic) bond motifs is 2. The molecule has 0 unspecified atom stereocenters. The summed E-state index contributed by atoms with van der Waals surface area (Å²) < 4.78 is 37.5. The van der Waals surface area contributed by atoms with Crippen LogP contribution >= 0.6 is 56.5 Å². The zero-order valence-corrected chi connectivity index (χ0v) is 30.1. The molecule has 0 saturated carbocycles. The van der Waals surface area contributed by atoms with Crippen LogP contribution in [0.2, 0.25) is 0 Å². The summed E-state index contributed by atoms with van der Waals surface area (Å²) in [6, 6.07) is 14.3. The van der Waals surface area contributed by atoms with Gasteiger partial charge in [0.15, 0.2) is 27.8 Å². The second kappa shape index (κ2) is 14.0. The van der Waals surface area contributed by atoms with Crippen LogP contribution in [-0.2, 0) is 16.1 Å². The van der Waals surface area contributed by atoms with Crippen molar-refractivity contribution in [3.05, 3.63) is 104 Å². The first-order valence-electron chi connectivity index (χ1n) is 14.3. The number of halogens is 2. The molecule has 13 heteroatoms. The highest BCUT2D eigenvalue weighted by Crippen LogP contribution is 2.36. The van der Waals surface area contributed by atoms with Gasteiger partial charge in [-0.3, -0.25) is 9.36 Å². The zero-order valence-electron chi connectivity index (χ0n) is 25.0. The van der Waals surface area contributed by atoms with Gasteiger partial charge in [-0.05, 0) is 118 Å². The minimum absolute atomic E-state index is 0.221. The average molecular weight is 866 g/mol. The van der Waals surface area contributed by atoms with E-state index in [4.69, 9.17) is 28.4 Å². The third kappa shape index (κ3) is 6.49. The van der Waals surface area contributed by atoms with Crippen molar-refractivity contribution >= 4 is 68.6 Å². The predicted octanol–water partition coefficient (Wildman–Crippen LogP) is 5.33. The van der Waals surface area contributed by atoms with Crippen LogP contribution in [0, 0.1) is 7.14 Å². The van der Waals surface area contributed by atoms with E-state index in [2.05, 4.69) is 50.2 Å². The van der Waals surface area contributed by atoms with Crippen LogP contribution in [0.5, 0.6) is 28.7 Å². The van der Waals surface area contributed by atoms with Gasteiger partial charge in [0, 0.05) is 6.20 Å². The molecule has 1 atom stereocenters. The standard InChI is InChI=1S/C33H28I2N2O8S/c1-4-41-24-9-7-20(14-27(24)42-5-2)29-21(32(39)40-3)15-36-33-37(29)31(38)28(46-33)13-19-10-22(34)30(23(35)11-19)43-16-18-6-8-25-26(12-18)45-17-44-25/h6-15,29H,4-5,16-17H2,1-3H3/b28-13-/t29-/m1/s1. The number of rotatable bonds is 10. The second-order valence-electron chi connectivity index (χ2n) is 10.0. The van der Waals surface area contributed by atoms with Crippen molar-refractivity contribution in [2.24, 2.45) is 4.99 Å². The van der Waals surface area contributed by atoms with Crippen molar-refractivity contribution in [3.63, 3.8) is 0 Å². The molecule has 1 aromatic heterocycles. The predicted molar refractivity (Wildman–Crippen MR) is 189 cm³/mol. The van der Waals surface area contributed by atoms with Crippen molar-refractivity contribution in [2.45, 2.75) is 26.5 Å². The molecule has 2 aliphatic rings. The van der Waals surface area contributed by atoms with Gasteiger partial charge in [0.25, 0.3) is 5.56 Å². The van der Waals surface area contributed by atoms with Gasteiger partial charge in [0.2, 0.25) is 6.79 Å². The Morgan fingerprint density at radius 1 is 1.00 bits per heavy atom. The zero-order chi connectivity index (χ0) is 32.4. The van der Waals surface area contributed by atoms with Gasteiger partial charge in [-0.15, -0.1) is 0 Å². The van der Waals surface area contributed by atoms with Crippen LogP contribution in [0.4, 0.5) is 0 Å². The summed E-state index contributed by atoms with van der Waals surface area (Å²) >= 11 is 5.73. The quantitative estimate of drug-likeness (QED) is 0.156. The molecule has 0 fully saturated rings. The van der Waals surface area contributed by atoms with E-state index in [1.807, 2.05) is 56.3 Å². The molecule has 0 radical (unpaired) electrons. The van der Waals surface area contributed by atoms with Crippen LogP contribution in [0.25, 0.3) is 6.08 Å². The molecule has 0 N–H and O–H groups in total. The summed E-state index contributed by atoms with van der Waals surface area (Å²) in [7, 11) is 1.31. The number of aromatic nitrogens is 1. The lowest BCUT2D eigenvalue weighted by Gasteiger charge is -2.23. The highest BCUT2D eigenvalue weighted by atomic mass is 127. The molecule has 0 amide bonds. The number of esters is 1. The Bertz CT molecular complexity index is 2010. The van der Waals surface area contributed by atoms with Crippen molar-refractivity contribution < 1.29 is 33.2 Å². The van der Waals surface area contributed by atoms with Crippen molar-refractivity contribution in [3.8, 4) is 28.7 Å². The molecule has 0 aliphatic carbocycles. The summed E-state index contributed by atoms with van der Waals surface area (Å²) in [5, 5.41) is 0. The van der Waals surface area contributed by atoms with E-state index in [-0.39, 0.29) is 17.9 Å². The van der Waals surface area contributed by atoms with Crippen LogP contribution in [0.15, 0.2) is 70.1 Å². The Hall–Kier alpha value is -3.57. The fourth-order valence-electron chi connectivity index (χ4n) is 5.13. The van der Waals surface area contributed by atoms with Gasteiger partial charge in [-0.25, -0.2) is 9.79 Å². The third-order valence-electron chi connectivity index (χ3n) is 7.15. The lowest BCUT2D eigenvalue weighted by molar-refractivity contribution is -0.136. The Kier molecular flexibility index (Phi) is 9.89. The largest absolute Gasteiger partial charge is 0.490 e. The van der Waals surface area contributed by atoms with E-state index in [1.165, 1.54) is 29.2 Å². The van der Waals surface area contributed by atoms with E-state index >= 15 is 0 Å². The molecule has 0 bridgehead atoms. The molecule has 6 rings (SSSR count). The summed E-state index contributed by atoms with van der Waals surface area (Å²) in [5.41, 5.74) is 2.42. The number of carbonyl (C=O) groups is 1. The van der Waals surface area contributed by atoms with E-state index in [1.54, 1.807) is 12.1 Å². The average Bonchev–Trinajstić information content (AvgIpc) is 3.64. The Morgan fingerprint density at radius 3 is 2.48 bits per heavy atom. The van der Waals surface area contributed by atoms with Crippen LogP contribution < -0.4 is 38.6 Å². The second-order valence-corrected chi connectivity index (χ2v) is 13.4. The molecular formula is C33H28I2N2O8S. The summed E-state index contributed by atoms with van der Waals surface area (Å²) in [6.07, 6.45) is 3.30. The topological polar surface area (TPSA) is 107 Å². The van der Waals surface area contributed by atoms with E-state index in [9.17, 15) is 9.59 Å². The van der Waals surface area contributed by atoms with Gasteiger partial charge in [-0.2, -0.15) is 0 Å². The third-order valence-corrected chi connectivity index (χ3v) is 9.75. The fraction of sp³-hybridized carbons (Fsp3) is 0.242. The molecule has 4 aromatic rings. The molecular weight excluding hydrogens is 838 g/mol. The molecule has 46 heavy (non-hydrogen) atoms. The maximum absolute atomic E-state index is 14.0. The number of carbonyl (C=O) groups excluding carboxylic acids is 1. The van der Waals surface area contributed by atoms with E-state index < -0.39 is 12.0 Å². The summed E-state index contributed by atoms with van der Waals surface area (Å²) in [5.74, 6) is 2.72. The molecule has 0 saturated heterocycles. The molecule has 10 nitrogen and oxygen atoms in total. The Morgan fingerprint density at radius 2 is 1.74 bits per heavy atom. The van der Waals surface area contributed by atoms with Gasteiger partial charge >= 0.3 is 5.97 Å². The molecule has 3 aromatic carbocycles. The fourth-order valence-corrected chi connectivity index (χ4v) is 8.22. The van der Waals surface area contributed by atoms with Crippen molar-refractivity contribution in [1.29, 1.82) is 0 Å². The normalized spacial score (nSPS) is 15.1. The highest BCUT2D eigenvalue weighted by Gasteiger charge is 2.31. The minimum Gasteiger partial charge on any atom is -0.490 e. The van der Waals surface area contributed by atoms with Crippen molar-refractivity contribution in [1.82, 2.24) is 4.57 Å². The first-order valence-corrected chi connectivity index (χ1v) is 17.3. The molecule has 3 heterocycles. The Labute approximate surface area is 295 Å². The van der Waals surface area contributed by atoms with Crippen LogP contribution in [0.3, 0.4) is 0 Å². The van der Waals surface area contributed by atoms with E-state index in [0.29, 0.717) is 52.0 Å². The van der Waals surface area contributed by atoms with E-state index in [0.717, 1.165) is 29.8 Å². The highest BCUT2D eigenvalue weighted by molar-refractivity contribution is 14.1. The maximum atomic E-state index is 14.0. The van der Waals surface area contributed by atoms with Gasteiger partial charge in [0.05, 0.1) is 43.6 Å². The number of ether oxygens (including phenoxy) is 6. The molecule has 2 aliphatic heterocycles. The first kappa shape index (κ1) is 32.4. The number of nitrogens with zero attached hydrogens (tertiary/aromatic N) is 2. The van der Waals surface area contributed by atoms with Crippen LogP contribution in [-0.4, -0.2) is 37.7 Å². The SMILES string of the molecule is CCOc1ccc([C@@H]2C(C(=O)OC)=CN=c3s/c(=C\c4cc(I)c(OCc5ccc6c(c5)OCO6)c(I)c4)c(=O)n32)cc1OCC. The summed E-state index contributed by atoms with van der Waals surface area (Å²) in [6.45, 7) is 5.24. The van der Waals surface area contributed by atoms with Gasteiger partial charge in [0.1, 0.15) is 12.4 Å². The number of benzene rings is 3. The lowest BCUT2D eigenvalue weighted by atomic mass is 9.97. The van der Waals surface area contributed by atoms with Crippen LogP contribution in [0.1, 0.15) is 36.6 Å². The number of hydrogen-bond acceptors (Lipinski definition) is 10. The first-order chi connectivity index (χ1) is 22.3. The molecule has 0 spiro atoms. The summed E-state index contributed by atoms with van der Waals surface area (Å²) in [4.78, 5) is 31.9. The van der Waals surface area contributed by atoms with Gasteiger partial charge < -0.3 is 28.4 Å². The smallest absolute Gasteiger partial charge is 0.337 e. The van der Waals surface area contributed by atoms with Gasteiger partial charge in [-0.1, -0.05) is 23.5 Å². The number of methoxy groups -OCH3 is 1.